The summed E-state index contributed by atoms with van der Waals surface area (Å²) < 4.78 is 16.7. The van der Waals surface area contributed by atoms with E-state index < -0.39 is 5.97 Å². The predicted molar refractivity (Wildman–Crippen MR) is 96.5 cm³/mol. The molecule has 1 N–H and O–H groups in total. The zero-order chi connectivity index (χ0) is 18.2. The standard InChI is InChI=1S/C19H28N2O5/c22-19(23)15-26-17-4-2-16(3-5-17)12-21-6-1-9-25-18(14-21)13-20-7-10-24-11-8-20/h2-5,18H,1,6-15H2,(H,22,23). The number of benzene rings is 1. The van der Waals surface area contributed by atoms with E-state index in [9.17, 15) is 4.79 Å². The average Bonchev–Trinajstić information content (AvgIpc) is 2.87. The number of aliphatic carboxylic acids is 1. The second-order valence-corrected chi connectivity index (χ2v) is 6.82. The quantitative estimate of drug-likeness (QED) is 0.776. The molecule has 7 heteroatoms. The normalized spacial score (nSPS) is 22.7. The zero-order valence-electron chi connectivity index (χ0n) is 15.1. The molecule has 1 aromatic carbocycles. The van der Waals surface area contributed by atoms with E-state index in [0.717, 1.165) is 65.5 Å². The predicted octanol–water partition coefficient (Wildman–Crippen LogP) is 1.07. The van der Waals surface area contributed by atoms with Crippen molar-refractivity contribution < 1.29 is 24.1 Å². The monoisotopic (exact) mass is 364 g/mol. The van der Waals surface area contributed by atoms with Crippen LogP contribution in [0.25, 0.3) is 0 Å². The minimum atomic E-state index is -0.968. The molecule has 1 atom stereocenters. The second kappa shape index (κ2) is 9.87. The summed E-state index contributed by atoms with van der Waals surface area (Å²) in [6.45, 7) is 7.86. The summed E-state index contributed by atoms with van der Waals surface area (Å²) >= 11 is 0. The maximum absolute atomic E-state index is 10.6. The fourth-order valence-corrected chi connectivity index (χ4v) is 3.39. The maximum atomic E-state index is 10.6. The van der Waals surface area contributed by atoms with Gasteiger partial charge in [0.2, 0.25) is 0 Å². The lowest BCUT2D eigenvalue weighted by molar-refractivity contribution is -0.139. The van der Waals surface area contributed by atoms with Gasteiger partial charge < -0.3 is 19.3 Å². The molecule has 0 aromatic heterocycles. The highest BCUT2D eigenvalue weighted by atomic mass is 16.5. The van der Waals surface area contributed by atoms with E-state index in [1.54, 1.807) is 0 Å². The number of carbonyl (C=O) groups is 1. The first-order valence-corrected chi connectivity index (χ1v) is 9.26. The van der Waals surface area contributed by atoms with Crippen LogP contribution in [0.1, 0.15) is 12.0 Å². The molecule has 2 heterocycles. The minimum absolute atomic E-state index is 0.230. The van der Waals surface area contributed by atoms with Gasteiger partial charge in [-0.15, -0.1) is 0 Å². The number of nitrogens with zero attached hydrogens (tertiary/aromatic N) is 2. The molecule has 0 radical (unpaired) electrons. The molecule has 7 nitrogen and oxygen atoms in total. The van der Waals surface area contributed by atoms with Gasteiger partial charge in [-0.1, -0.05) is 12.1 Å². The first kappa shape index (κ1) is 19.1. The number of carboxylic acid groups (broad SMARTS) is 1. The molecule has 2 aliphatic heterocycles. The Labute approximate surface area is 154 Å². The number of rotatable bonds is 7. The van der Waals surface area contributed by atoms with Crippen LogP contribution in [0.2, 0.25) is 0 Å². The lowest BCUT2D eigenvalue weighted by Crippen LogP contribution is -2.44. The van der Waals surface area contributed by atoms with E-state index >= 15 is 0 Å². The molecule has 0 aliphatic carbocycles. The lowest BCUT2D eigenvalue weighted by Gasteiger charge is -2.31. The van der Waals surface area contributed by atoms with Gasteiger partial charge >= 0.3 is 5.97 Å². The summed E-state index contributed by atoms with van der Waals surface area (Å²) in [7, 11) is 0. The number of carboxylic acids is 1. The Bertz CT molecular complexity index is 560. The van der Waals surface area contributed by atoms with E-state index in [0.29, 0.717) is 5.75 Å². The van der Waals surface area contributed by atoms with Crippen LogP contribution in [0.15, 0.2) is 24.3 Å². The van der Waals surface area contributed by atoms with Crippen LogP contribution in [0.4, 0.5) is 0 Å². The molecule has 26 heavy (non-hydrogen) atoms. The van der Waals surface area contributed by atoms with Crippen molar-refractivity contribution in [3.05, 3.63) is 29.8 Å². The van der Waals surface area contributed by atoms with Crippen LogP contribution in [0, 0.1) is 0 Å². The molecule has 3 rings (SSSR count). The highest BCUT2D eigenvalue weighted by Gasteiger charge is 2.22. The molecule has 2 fully saturated rings. The van der Waals surface area contributed by atoms with Gasteiger partial charge in [-0.2, -0.15) is 0 Å². The Kier molecular flexibility index (Phi) is 7.25. The Morgan fingerprint density at radius 2 is 1.88 bits per heavy atom. The van der Waals surface area contributed by atoms with Crippen LogP contribution in [0.5, 0.6) is 5.75 Å². The van der Waals surface area contributed by atoms with E-state index in [-0.39, 0.29) is 12.7 Å². The zero-order valence-corrected chi connectivity index (χ0v) is 15.1. The van der Waals surface area contributed by atoms with Crippen molar-refractivity contribution in [1.82, 2.24) is 9.80 Å². The van der Waals surface area contributed by atoms with Gasteiger partial charge in [0.25, 0.3) is 0 Å². The summed E-state index contributed by atoms with van der Waals surface area (Å²) in [5.41, 5.74) is 1.19. The van der Waals surface area contributed by atoms with Crippen molar-refractivity contribution in [3.8, 4) is 5.75 Å². The Morgan fingerprint density at radius 1 is 1.12 bits per heavy atom. The Hall–Kier alpha value is -1.67. The SMILES string of the molecule is O=C(O)COc1ccc(CN2CCCOC(CN3CCOCC3)C2)cc1. The van der Waals surface area contributed by atoms with E-state index in [1.807, 2.05) is 24.3 Å². The molecule has 1 aromatic rings. The minimum Gasteiger partial charge on any atom is -0.482 e. The van der Waals surface area contributed by atoms with E-state index in [2.05, 4.69) is 9.80 Å². The summed E-state index contributed by atoms with van der Waals surface area (Å²) in [5, 5.41) is 8.66. The number of ether oxygens (including phenoxy) is 3. The van der Waals surface area contributed by atoms with Crippen molar-refractivity contribution in [3.63, 3.8) is 0 Å². The third kappa shape index (κ3) is 6.25. The Morgan fingerprint density at radius 3 is 2.62 bits per heavy atom. The lowest BCUT2D eigenvalue weighted by atomic mass is 10.2. The Balaban J connectivity index is 1.50. The molecule has 1 unspecified atom stereocenters. The first-order chi connectivity index (χ1) is 12.7. The molecule has 144 valence electrons. The van der Waals surface area contributed by atoms with Gasteiger partial charge in [0.1, 0.15) is 5.75 Å². The highest BCUT2D eigenvalue weighted by Crippen LogP contribution is 2.16. The fourth-order valence-electron chi connectivity index (χ4n) is 3.39. The summed E-state index contributed by atoms with van der Waals surface area (Å²) in [6, 6.07) is 7.66. The highest BCUT2D eigenvalue weighted by molar-refractivity contribution is 5.68. The van der Waals surface area contributed by atoms with Crippen molar-refractivity contribution in [2.45, 2.75) is 19.1 Å². The summed E-state index contributed by atoms with van der Waals surface area (Å²) in [6.07, 6.45) is 1.27. The van der Waals surface area contributed by atoms with Crippen LogP contribution in [-0.4, -0.2) is 86.1 Å². The van der Waals surface area contributed by atoms with Gasteiger partial charge in [0, 0.05) is 45.9 Å². The van der Waals surface area contributed by atoms with E-state index in [1.165, 1.54) is 5.56 Å². The number of morpholine rings is 1. The second-order valence-electron chi connectivity index (χ2n) is 6.82. The molecular weight excluding hydrogens is 336 g/mol. The van der Waals surface area contributed by atoms with Gasteiger partial charge in [0.05, 0.1) is 19.3 Å². The molecular formula is C19H28N2O5. The molecule has 2 saturated heterocycles. The molecule has 0 bridgehead atoms. The van der Waals surface area contributed by atoms with Crippen molar-refractivity contribution in [2.24, 2.45) is 0 Å². The molecule has 0 amide bonds. The third-order valence-electron chi connectivity index (χ3n) is 4.69. The van der Waals surface area contributed by atoms with Gasteiger partial charge in [-0.3, -0.25) is 9.80 Å². The summed E-state index contributed by atoms with van der Waals surface area (Å²) in [4.78, 5) is 15.4. The molecule has 0 spiro atoms. The largest absolute Gasteiger partial charge is 0.482 e. The number of hydrogen-bond acceptors (Lipinski definition) is 6. The van der Waals surface area contributed by atoms with Crippen molar-refractivity contribution in [2.75, 3.05) is 59.2 Å². The number of hydrogen-bond donors (Lipinski definition) is 1. The fraction of sp³-hybridized carbons (Fsp3) is 0.632. The third-order valence-corrected chi connectivity index (χ3v) is 4.69. The molecule has 0 saturated carbocycles. The van der Waals surface area contributed by atoms with Crippen LogP contribution in [0.3, 0.4) is 0 Å². The van der Waals surface area contributed by atoms with Crippen LogP contribution < -0.4 is 4.74 Å². The van der Waals surface area contributed by atoms with Gasteiger partial charge in [-0.05, 0) is 24.1 Å². The smallest absolute Gasteiger partial charge is 0.341 e. The first-order valence-electron chi connectivity index (χ1n) is 9.26. The van der Waals surface area contributed by atoms with Crippen molar-refractivity contribution >= 4 is 5.97 Å². The average molecular weight is 364 g/mol. The van der Waals surface area contributed by atoms with Crippen molar-refractivity contribution in [1.29, 1.82) is 0 Å². The van der Waals surface area contributed by atoms with Gasteiger partial charge in [0.15, 0.2) is 6.61 Å². The maximum Gasteiger partial charge on any atom is 0.341 e. The summed E-state index contributed by atoms with van der Waals surface area (Å²) in [5.74, 6) is -0.384. The van der Waals surface area contributed by atoms with E-state index in [4.69, 9.17) is 19.3 Å². The van der Waals surface area contributed by atoms with Gasteiger partial charge in [-0.25, -0.2) is 4.79 Å². The van der Waals surface area contributed by atoms with Crippen LogP contribution >= 0.6 is 0 Å². The topological polar surface area (TPSA) is 71.5 Å². The van der Waals surface area contributed by atoms with Crippen LogP contribution in [-0.2, 0) is 20.8 Å². The molecule has 2 aliphatic rings.